The van der Waals surface area contributed by atoms with E-state index in [2.05, 4.69) is 40.6 Å². The van der Waals surface area contributed by atoms with Crippen LogP contribution in [-0.2, 0) is 5.75 Å². The zero-order valence-corrected chi connectivity index (χ0v) is 18.3. The molecule has 1 atom stereocenters. The predicted octanol–water partition coefficient (Wildman–Crippen LogP) is 5.36. The largest absolute Gasteiger partial charge is 0.342 e. The molecule has 4 rings (SSSR count). The van der Waals surface area contributed by atoms with Crippen LogP contribution in [0, 0.1) is 6.92 Å². The van der Waals surface area contributed by atoms with Gasteiger partial charge < -0.3 is 5.32 Å². The Hall–Kier alpha value is -3.38. The van der Waals surface area contributed by atoms with Crippen molar-refractivity contribution < 1.29 is 4.79 Å². The standard InChI is InChI=1S/C25H24N4OS/c1-18-11-9-10-14-21(18)17-31-25-28-27-23(29(25)22-15-7-4-8-16-22)19(2)26-24(30)20-12-5-3-6-13-20/h3-16,19H,17H2,1-2H3,(H,26,30)/t19-/m1/s1. The molecule has 0 saturated heterocycles. The van der Waals surface area contributed by atoms with Gasteiger partial charge in [0.25, 0.3) is 5.91 Å². The third-order valence-corrected chi connectivity index (χ3v) is 6.04. The number of para-hydroxylation sites is 1. The zero-order chi connectivity index (χ0) is 21.6. The number of aryl methyl sites for hydroxylation is 1. The first-order valence-electron chi connectivity index (χ1n) is 10.2. The molecule has 0 aliphatic rings. The first kappa shape index (κ1) is 20.9. The van der Waals surface area contributed by atoms with Crippen LogP contribution in [0.2, 0.25) is 0 Å². The predicted molar refractivity (Wildman–Crippen MR) is 124 cm³/mol. The number of hydrogen-bond acceptors (Lipinski definition) is 4. The van der Waals surface area contributed by atoms with E-state index in [-0.39, 0.29) is 11.9 Å². The van der Waals surface area contributed by atoms with Crippen molar-refractivity contribution in [3.05, 3.63) is 107 Å². The number of carbonyl (C=O) groups excluding carboxylic acids is 1. The third-order valence-electron chi connectivity index (χ3n) is 5.06. The number of amides is 1. The van der Waals surface area contributed by atoms with Crippen molar-refractivity contribution in [3.8, 4) is 5.69 Å². The van der Waals surface area contributed by atoms with E-state index in [4.69, 9.17) is 0 Å². The van der Waals surface area contributed by atoms with Gasteiger partial charge >= 0.3 is 0 Å². The fraction of sp³-hybridized carbons (Fsp3) is 0.160. The topological polar surface area (TPSA) is 59.8 Å². The van der Waals surface area contributed by atoms with Crippen molar-refractivity contribution in [2.45, 2.75) is 30.8 Å². The van der Waals surface area contributed by atoms with Crippen molar-refractivity contribution in [2.24, 2.45) is 0 Å². The molecule has 1 aromatic heterocycles. The van der Waals surface area contributed by atoms with Crippen molar-refractivity contribution in [1.29, 1.82) is 0 Å². The van der Waals surface area contributed by atoms with Gasteiger partial charge in [0.1, 0.15) is 0 Å². The summed E-state index contributed by atoms with van der Waals surface area (Å²) in [6.07, 6.45) is 0. The van der Waals surface area contributed by atoms with Crippen molar-refractivity contribution in [2.75, 3.05) is 0 Å². The molecule has 3 aromatic carbocycles. The number of aromatic nitrogens is 3. The molecule has 0 aliphatic carbocycles. The van der Waals surface area contributed by atoms with E-state index in [9.17, 15) is 4.79 Å². The van der Waals surface area contributed by atoms with E-state index < -0.39 is 0 Å². The number of nitrogens with zero attached hydrogens (tertiary/aromatic N) is 3. The lowest BCUT2D eigenvalue weighted by Crippen LogP contribution is -2.28. The molecule has 1 amide bonds. The van der Waals surface area contributed by atoms with Crippen LogP contribution in [0.1, 0.15) is 40.3 Å². The number of rotatable bonds is 7. The summed E-state index contributed by atoms with van der Waals surface area (Å²) in [7, 11) is 0. The summed E-state index contributed by atoms with van der Waals surface area (Å²) in [5, 5.41) is 12.8. The van der Waals surface area contributed by atoms with Gasteiger partial charge in [-0.05, 0) is 49.2 Å². The minimum atomic E-state index is -0.312. The monoisotopic (exact) mass is 428 g/mol. The lowest BCUT2D eigenvalue weighted by molar-refractivity contribution is 0.0938. The maximum atomic E-state index is 12.7. The van der Waals surface area contributed by atoms with Gasteiger partial charge in [0.05, 0.1) is 6.04 Å². The van der Waals surface area contributed by atoms with Gasteiger partial charge in [0.15, 0.2) is 11.0 Å². The Labute approximate surface area is 186 Å². The fourth-order valence-corrected chi connectivity index (χ4v) is 4.36. The van der Waals surface area contributed by atoms with Crippen LogP contribution in [0.5, 0.6) is 0 Å². The number of benzene rings is 3. The molecule has 31 heavy (non-hydrogen) atoms. The quantitative estimate of drug-likeness (QED) is 0.403. The van der Waals surface area contributed by atoms with Gasteiger partial charge in [-0.15, -0.1) is 10.2 Å². The van der Waals surface area contributed by atoms with Crippen molar-refractivity contribution in [1.82, 2.24) is 20.1 Å². The van der Waals surface area contributed by atoms with Gasteiger partial charge in [0, 0.05) is 17.0 Å². The Balaban J connectivity index is 1.61. The molecule has 0 bridgehead atoms. The summed E-state index contributed by atoms with van der Waals surface area (Å²) >= 11 is 1.64. The van der Waals surface area contributed by atoms with Gasteiger partial charge in [-0.1, -0.05) is 72.4 Å². The van der Waals surface area contributed by atoms with Crippen LogP contribution >= 0.6 is 11.8 Å². The molecular formula is C25H24N4OS. The number of thioether (sulfide) groups is 1. The number of hydrogen-bond donors (Lipinski definition) is 1. The number of carbonyl (C=O) groups is 1. The molecule has 1 N–H and O–H groups in total. The van der Waals surface area contributed by atoms with E-state index in [1.807, 2.05) is 66.1 Å². The highest BCUT2D eigenvalue weighted by molar-refractivity contribution is 7.98. The average Bonchev–Trinajstić information content (AvgIpc) is 3.24. The molecule has 0 spiro atoms. The van der Waals surface area contributed by atoms with Crippen LogP contribution < -0.4 is 5.32 Å². The molecule has 0 fully saturated rings. The molecule has 0 unspecified atom stereocenters. The lowest BCUT2D eigenvalue weighted by Gasteiger charge is -2.16. The summed E-state index contributed by atoms with van der Waals surface area (Å²) < 4.78 is 2.03. The highest BCUT2D eigenvalue weighted by Gasteiger charge is 2.21. The fourth-order valence-electron chi connectivity index (χ4n) is 3.32. The normalized spacial score (nSPS) is 11.8. The molecule has 0 radical (unpaired) electrons. The van der Waals surface area contributed by atoms with Gasteiger partial charge in [0.2, 0.25) is 0 Å². The Morgan fingerprint density at radius 2 is 1.58 bits per heavy atom. The first-order chi connectivity index (χ1) is 15.1. The second-order valence-corrected chi connectivity index (χ2v) is 8.23. The highest BCUT2D eigenvalue weighted by atomic mass is 32.2. The molecule has 5 nitrogen and oxygen atoms in total. The van der Waals surface area contributed by atoms with Crippen molar-refractivity contribution in [3.63, 3.8) is 0 Å². The highest BCUT2D eigenvalue weighted by Crippen LogP contribution is 2.28. The van der Waals surface area contributed by atoms with E-state index >= 15 is 0 Å². The summed E-state index contributed by atoms with van der Waals surface area (Å²) in [5.74, 6) is 1.36. The molecule has 1 heterocycles. The first-order valence-corrected chi connectivity index (χ1v) is 11.2. The van der Waals surface area contributed by atoms with Crippen LogP contribution in [0.3, 0.4) is 0 Å². The van der Waals surface area contributed by atoms with Crippen LogP contribution in [0.4, 0.5) is 0 Å². The molecule has 0 aliphatic heterocycles. The van der Waals surface area contributed by atoms with E-state index in [1.165, 1.54) is 11.1 Å². The second kappa shape index (κ2) is 9.62. The Kier molecular flexibility index (Phi) is 6.48. The van der Waals surface area contributed by atoms with E-state index in [0.29, 0.717) is 11.4 Å². The third kappa shape index (κ3) is 4.86. The maximum Gasteiger partial charge on any atom is 0.251 e. The smallest absolute Gasteiger partial charge is 0.251 e. The van der Waals surface area contributed by atoms with E-state index in [0.717, 1.165) is 16.6 Å². The molecule has 6 heteroatoms. The zero-order valence-electron chi connectivity index (χ0n) is 17.5. The minimum absolute atomic E-state index is 0.134. The van der Waals surface area contributed by atoms with Crippen LogP contribution in [-0.4, -0.2) is 20.7 Å². The van der Waals surface area contributed by atoms with Crippen LogP contribution in [0.25, 0.3) is 5.69 Å². The maximum absolute atomic E-state index is 12.7. The summed E-state index contributed by atoms with van der Waals surface area (Å²) in [5.41, 5.74) is 4.11. The Morgan fingerprint density at radius 1 is 0.935 bits per heavy atom. The Bertz CT molecular complexity index is 1160. The van der Waals surface area contributed by atoms with Crippen molar-refractivity contribution >= 4 is 17.7 Å². The van der Waals surface area contributed by atoms with Gasteiger partial charge in [-0.25, -0.2) is 0 Å². The van der Waals surface area contributed by atoms with Crippen LogP contribution in [0.15, 0.2) is 90.1 Å². The summed E-state index contributed by atoms with van der Waals surface area (Å²) in [6, 6.07) is 27.2. The summed E-state index contributed by atoms with van der Waals surface area (Å²) in [6.45, 7) is 4.05. The molecular weight excluding hydrogens is 404 g/mol. The molecule has 156 valence electrons. The Morgan fingerprint density at radius 3 is 2.29 bits per heavy atom. The van der Waals surface area contributed by atoms with Gasteiger partial charge in [-0.2, -0.15) is 0 Å². The number of nitrogens with one attached hydrogen (secondary N) is 1. The minimum Gasteiger partial charge on any atom is -0.342 e. The van der Waals surface area contributed by atoms with Gasteiger partial charge in [-0.3, -0.25) is 9.36 Å². The lowest BCUT2D eigenvalue weighted by atomic mass is 10.1. The SMILES string of the molecule is Cc1ccccc1CSc1nnc([C@@H](C)NC(=O)c2ccccc2)n1-c1ccccc1. The average molecular weight is 429 g/mol. The second-order valence-electron chi connectivity index (χ2n) is 7.29. The molecule has 4 aromatic rings. The summed E-state index contributed by atoms with van der Waals surface area (Å²) in [4.78, 5) is 12.7. The molecule has 0 saturated carbocycles. The van der Waals surface area contributed by atoms with E-state index in [1.54, 1.807) is 23.9 Å².